The molecule has 0 bridgehead atoms. The summed E-state index contributed by atoms with van der Waals surface area (Å²) in [6.45, 7) is 9.93. The molecule has 0 heterocycles. The van der Waals surface area contributed by atoms with Crippen molar-refractivity contribution in [3.05, 3.63) is 0 Å². The van der Waals surface area contributed by atoms with Gasteiger partial charge in [0.15, 0.2) is 0 Å². The Kier molecular flexibility index (Phi) is 6.41. The quantitative estimate of drug-likeness (QED) is 0.723. The highest BCUT2D eigenvalue weighted by Gasteiger charge is 2.20. The molecule has 0 aromatic carbocycles. The van der Waals surface area contributed by atoms with Gasteiger partial charge in [-0.25, -0.2) is 0 Å². The molecular weight excluding hydrogens is 186 g/mol. The minimum Gasteiger partial charge on any atom is -0.327 e. The Morgan fingerprint density at radius 3 is 1.93 bits per heavy atom. The topological polar surface area (TPSA) is 32.5 Å². The molecule has 92 valence electrons. The van der Waals surface area contributed by atoms with Crippen LogP contribution in [0.5, 0.6) is 0 Å². The summed E-state index contributed by atoms with van der Waals surface area (Å²) in [4.78, 5) is 4.56. The molecule has 0 saturated carbocycles. The zero-order chi connectivity index (χ0) is 12.1. The van der Waals surface area contributed by atoms with Crippen LogP contribution in [0.25, 0.3) is 0 Å². The fourth-order valence-corrected chi connectivity index (χ4v) is 1.27. The molecule has 0 fully saturated rings. The molecule has 3 heteroatoms. The predicted molar refractivity (Wildman–Crippen MR) is 68.1 cm³/mol. The highest BCUT2D eigenvalue weighted by Crippen LogP contribution is 2.19. The van der Waals surface area contributed by atoms with E-state index in [0.29, 0.717) is 6.04 Å². The van der Waals surface area contributed by atoms with Gasteiger partial charge in [0, 0.05) is 19.1 Å². The lowest BCUT2D eigenvalue weighted by Gasteiger charge is -2.29. The minimum absolute atomic E-state index is 0.225. The molecule has 1 unspecified atom stereocenters. The summed E-state index contributed by atoms with van der Waals surface area (Å²) in [5, 5.41) is 0. The Labute approximate surface area is 95.6 Å². The molecule has 1 atom stereocenters. The first-order chi connectivity index (χ1) is 6.73. The van der Waals surface area contributed by atoms with Gasteiger partial charge in [-0.2, -0.15) is 0 Å². The monoisotopic (exact) mass is 215 g/mol. The summed E-state index contributed by atoms with van der Waals surface area (Å²) in [6, 6.07) is 0.291. The van der Waals surface area contributed by atoms with Crippen LogP contribution in [-0.4, -0.2) is 56.6 Å². The van der Waals surface area contributed by atoms with E-state index in [1.165, 1.54) is 0 Å². The smallest absolute Gasteiger partial charge is 0.0106 e. The lowest BCUT2D eigenvalue weighted by atomic mass is 9.85. The first kappa shape index (κ1) is 14.9. The maximum atomic E-state index is 6.12. The van der Waals surface area contributed by atoms with Crippen molar-refractivity contribution < 1.29 is 0 Å². The van der Waals surface area contributed by atoms with Gasteiger partial charge in [0.1, 0.15) is 0 Å². The van der Waals surface area contributed by atoms with Crippen molar-refractivity contribution in [1.29, 1.82) is 0 Å². The summed E-state index contributed by atoms with van der Waals surface area (Å²) in [5.41, 5.74) is 6.34. The molecule has 0 aliphatic rings. The summed E-state index contributed by atoms with van der Waals surface area (Å²) < 4.78 is 0. The third-order valence-electron chi connectivity index (χ3n) is 2.86. The van der Waals surface area contributed by atoms with Gasteiger partial charge in [-0.15, -0.1) is 0 Å². The van der Waals surface area contributed by atoms with Crippen LogP contribution in [-0.2, 0) is 0 Å². The molecule has 0 amide bonds. The molecule has 0 aliphatic carbocycles. The van der Waals surface area contributed by atoms with Crippen LogP contribution in [0.3, 0.4) is 0 Å². The van der Waals surface area contributed by atoms with E-state index in [2.05, 4.69) is 51.7 Å². The maximum Gasteiger partial charge on any atom is 0.0106 e. The van der Waals surface area contributed by atoms with E-state index in [-0.39, 0.29) is 5.41 Å². The molecule has 15 heavy (non-hydrogen) atoms. The van der Waals surface area contributed by atoms with Crippen molar-refractivity contribution >= 4 is 0 Å². The minimum atomic E-state index is 0.225. The molecule has 0 radical (unpaired) electrons. The van der Waals surface area contributed by atoms with E-state index in [0.717, 1.165) is 26.1 Å². The van der Waals surface area contributed by atoms with Crippen molar-refractivity contribution in [1.82, 2.24) is 9.80 Å². The van der Waals surface area contributed by atoms with Gasteiger partial charge in [-0.1, -0.05) is 20.8 Å². The molecular formula is C12H29N3. The molecule has 3 nitrogen and oxygen atoms in total. The highest BCUT2D eigenvalue weighted by molar-refractivity contribution is 4.77. The zero-order valence-corrected chi connectivity index (χ0v) is 11.4. The molecule has 0 rings (SSSR count). The fourth-order valence-electron chi connectivity index (χ4n) is 1.27. The van der Waals surface area contributed by atoms with Gasteiger partial charge in [0.05, 0.1) is 0 Å². The van der Waals surface area contributed by atoms with Gasteiger partial charge >= 0.3 is 0 Å². The molecule has 0 aliphatic heterocycles. The molecule has 0 saturated heterocycles. The maximum absolute atomic E-state index is 6.12. The van der Waals surface area contributed by atoms with Crippen LogP contribution in [0, 0.1) is 5.41 Å². The standard InChI is InChI=1S/C12H29N3/c1-12(2,3)11(13)7-8-15(6)10-9-14(4)5/h11H,7-10,13H2,1-6H3. The van der Waals surface area contributed by atoms with E-state index in [1.54, 1.807) is 0 Å². The Morgan fingerprint density at radius 1 is 1.00 bits per heavy atom. The second-order valence-electron chi connectivity index (χ2n) is 5.87. The van der Waals surface area contributed by atoms with Crippen LogP contribution in [0.15, 0.2) is 0 Å². The number of nitrogens with two attached hydrogens (primary N) is 1. The van der Waals surface area contributed by atoms with Gasteiger partial charge in [-0.05, 0) is 39.5 Å². The van der Waals surface area contributed by atoms with Gasteiger partial charge < -0.3 is 15.5 Å². The van der Waals surface area contributed by atoms with Crippen molar-refractivity contribution in [3.63, 3.8) is 0 Å². The van der Waals surface area contributed by atoms with Gasteiger partial charge in [0.25, 0.3) is 0 Å². The van der Waals surface area contributed by atoms with Crippen LogP contribution in [0.1, 0.15) is 27.2 Å². The summed E-state index contributed by atoms with van der Waals surface area (Å²) in [6.07, 6.45) is 1.08. The Morgan fingerprint density at radius 2 is 1.53 bits per heavy atom. The second-order valence-corrected chi connectivity index (χ2v) is 5.87. The van der Waals surface area contributed by atoms with Gasteiger partial charge in [-0.3, -0.25) is 0 Å². The Hall–Kier alpha value is -0.120. The van der Waals surface area contributed by atoms with Crippen LogP contribution < -0.4 is 5.73 Å². The van der Waals surface area contributed by atoms with E-state index in [9.17, 15) is 0 Å². The molecule has 0 aromatic rings. The van der Waals surface area contributed by atoms with E-state index in [4.69, 9.17) is 5.73 Å². The zero-order valence-electron chi connectivity index (χ0n) is 11.4. The normalized spacial score (nSPS) is 15.0. The molecule has 2 N–H and O–H groups in total. The van der Waals surface area contributed by atoms with Gasteiger partial charge in [0.2, 0.25) is 0 Å². The first-order valence-corrected chi connectivity index (χ1v) is 5.82. The average Bonchev–Trinajstić information content (AvgIpc) is 2.09. The molecule has 0 spiro atoms. The third kappa shape index (κ3) is 7.77. The van der Waals surface area contributed by atoms with Crippen LogP contribution >= 0.6 is 0 Å². The predicted octanol–water partition coefficient (Wildman–Crippen LogP) is 1.24. The van der Waals surface area contributed by atoms with Crippen LogP contribution in [0.4, 0.5) is 0 Å². The molecule has 0 aromatic heterocycles. The average molecular weight is 215 g/mol. The van der Waals surface area contributed by atoms with Crippen molar-refractivity contribution in [2.45, 2.75) is 33.2 Å². The van der Waals surface area contributed by atoms with E-state index >= 15 is 0 Å². The summed E-state index contributed by atoms with van der Waals surface area (Å²) >= 11 is 0. The lowest BCUT2D eigenvalue weighted by Crippen LogP contribution is -2.39. The van der Waals surface area contributed by atoms with E-state index in [1.807, 2.05) is 0 Å². The van der Waals surface area contributed by atoms with Crippen molar-refractivity contribution in [3.8, 4) is 0 Å². The van der Waals surface area contributed by atoms with Crippen molar-refractivity contribution in [2.24, 2.45) is 11.1 Å². The number of hydrogen-bond acceptors (Lipinski definition) is 3. The Bertz CT molecular complexity index is 161. The van der Waals surface area contributed by atoms with E-state index < -0.39 is 0 Å². The summed E-state index contributed by atoms with van der Waals surface area (Å²) in [5.74, 6) is 0. The number of nitrogens with zero attached hydrogens (tertiary/aromatic N) is 2. The number of rotatable bonds is 6. The van der Waals surface area contributed by atoms with Crippen LogP contribution in [0.2, 0.25) is 0 Å². The van der Waals surface area contributed by atoms with Crippen molar-refractivity contribution in [2.75, 3.05) is 40.8 Å². The highest BCUT2D eigenvalue weighted by atomic mass is 15.1. The number of hydrogen-bond donors (Lipinski definition) is 1. The first-order valence-electron chi connectivity index (χ1n) is 5.82. The lowest BCUT2D eigenvalue weighted by molar-refractivity contribution is 0.239. The third-order valence-corrected chi connectivity index (χ3v) is 2.86. The fraction of sp³-hybridized carbons (Fsp3) is 1.00. The SMILES string of the molecule is CN(C)CCN(C)CCC(N)C(C)(C)C. The summed E-state index contributed by atoms with van der Waals surface area (Å²) in [7, 11) is 6.38. The second kappa shape index (κ2) is 6.46. The number of likely N-dealkylation sites (N-methyl/N-ethyl adjacent to an activating group) is 2. The Balaban J connectivity index is 3.66. The largest absolute Gasteiger partial charge is 0.327 e.